The summed E-state index contributed by atoms with van der Waals surface area (Å²) in [7, 11) is 3.11. The van der Waals surface area contributed by atoms with Crippen molar-refractivity contribution in [2.75, 3.05) is 14.2 Å². The Morgan fingerprint density at radius 2 is 2.06 bits per heavy atom. The van der Waals surface area contributed by atoms with E-state index in [9.17, 15) is 4.79 Å². The van der Waals surface area contributed by atoms with Gasteiger partial charge in [0.15, 0.2) is 6.10 Å². The molecular weight excluding hydrogens is 224 g/mol. The SMILES string of the molecule is COc1ccc(OC)c(COC(C)C(=O)O)c1. The molecule has 0 spiro atoms. The van der Waals surface area contributed by atoms with Crippen molar-refractivity contribution in [2.45, 2.75) is 19.6 Å². The summed E-state index contributed by atoms with van der Waals surface area (Å²) in [6, 6.07) is 5.28. The molecule has 0 saturated heterocycles. The van der Waals surface area contributed by atoms with Gasteiger partial charge >= 0.3 is 5.97 Å². The third-order valence-electron chi connectivity index (χ3n) is 2.32. The van der Waals surface area contributed by atoms with Gasteiger partial charge in [0.1, 0.15) is 11.5 Å². The molecule has 0 bridgehead atoms. The van der Waals surface area contributed by atoms with Crippen LogP contribution in [-0.4, -0.2) is 31.4 Å². The number of carbonyl (C=O) groups is 1. The van der Waals surface area contributed by atoms with Crippen LogP contribution < -0.4 is 9.47 Å². The number of aliphatic carboxylic acids is 1. The second kappa shape index (κ2) is 6.10. The Balaban J connectivity index is 2.77. The molecule has 1 aromatic rings. The van der Waals surface area contributed by atoms with E-state index in [0.717, 1.165) is 5.56 Å². The van der Waals surface area contributed by atoms with Crippen LogP contribution in [0.3, 0.4) is 0 Å². The van der Waals surface area contributed by atoms with Crippen molar-refractivity contribution in [3.05, 3.63) is 23.8 Å². The first-order chi connectivity index (χ1) is 8.08. The number of methoxy groups -OCH3 is 2. The van der Waals surface area contributed by atoms with E-state index >= 15 is 0 Å². The van der Waals surface area contributed by atoms with E-state index in [2.05, 4.69) is 0 Å². The van der Waals surface area contributed by atoms with E-state index in [1.54, 1.807) is 32.4 Å². The fourth-order valence-corrected chi connectivity index (χ4v) is 1.28. The summed E-state index contributed by atoms with van der Waals surface area (Å²) < 4.78 is 15.4. The Morgan fingerprint density at radius 3 is 2.59 bits per heavy atom. The normalized spacial score (nSPS) is 11.9. The van der Waals surface area contributed by atoms with Crippen LogP contribution >= 0.6 is 0 Å². The van der Waals surface area contributed by atoms with Gasteiger partial charge in [0.05, 0.1) is 20.8 Å². The average molecular weight is 240 g/mol. The minimum Gasteiger partial charge on any atom is -0.497 e. The summed E-state index contributed by atoms with van der Waals surface area (Å²) in [5, 5.41) is 8.71. The van der Waals surface area contributed by atoms with Gasteiger partial charge in [0.25, 0.3) is 0 Å². The molecule has 0 aliphatic rings. The molecule has 0 aromatic heterocycles. The van der Waals surface area contributed by atoms with Crippen molar-refractivity contribution in [3.63, 3.8) is 0 Å². The second-order valence-corrected chi connectivity index (χ2v) is 3.47. The number of hydrogen-bond acceptors (Lipinski definition) is 4. The predicted molar refractivity (Wildman–Crippen MR) is 61.4 cm³/mol. The Morgan fingerprint density at radius 1 is 1.35 bits per heavy atom. The molecular formula is C12H16O5. The van der Waals surface area contributed by atoms with E-state index < -0.39 is 12.1 Å². The maximum Gasteiger partial charge on any atom is 0.332 e. The lowest BCUT2D eigenvalue weighted by Crippen LogP contribution is -2.19. The zero-order valence-corrected chi connectivity index (χ0v) is 10.1. The number of ether oxygens (including phenoxy) is 3. The molecule has 0 amide bonds. The van der Waals surface area contributed by atoms with Gasteiger partial charge in [-0.05, 0) is 25.1 Å². The highest BCUT2D eigenvalue weighted by Gasteiger charge is 2.13. The lowest BCUT2D eigenvalue weighted by Gasteiger charge is -2.12. The first kappa shape index (κ1) is 13.3. The van der Waals surface area contributed by atoms with Crippen LogP contribution in [0.5, 0.6) is 11.5 Å². The van der Waals surface area contributed by atoms with E-state index in [1.807, 2.05) is 0 Å². The van der Waals surface area contributed by atoms with E-state index in [4.69, 9.17) is 19.3 Å². The molecule has 0 radical (unpaired) electrons. The Kier molecular flexibility index (Phi) is 4.78. The highest BCUT2D eigenvalue weighted by molar-refractivity contribution is 5.71. The third kappa shape index (κ3) is 3.64. The number of carboxylic acid groups (broad SMARTS) is 1. The molecule has 1 unspecified atom stereocenters. The van der Waals surface area contributed by atoms with Crippen molar-refractivity contribution in [2.24, 2.45) is 0 Å². The van der Waals surface area contributed by atoms with Gasteiger partial charge in [-0.2, -0.15) is 0 Å². The summed E-state index contributed by atoms with van der Waals surface area (Å²) in [6.07, 6.45) is -0.856. The summed E-state index contributed by atoms with van der Waals surface area (Å²) in [5.41, 5.74) is 0.750. The van der Waals surface area contributed by atoms with Gasteiger partial charge in [0, 0.05) is 5.56 Å². The highest BCUT2D eigenvalue weighted by Crippen LogP contribution is 2.24. The molecule has 0 fully saturated rings. The molecule has 0 heterocycles. The fourth-order valence-electron chi connectivity index (χ4n) is 1.28. The minimum atomic E-state index is -0.994. The molecule has 17 heavy (non-hydrogen) atoms. The smallest absolute Gasteiger partial charge is 0.332 e. The van der Waals surface area contributed by atoms with Gasteiger partial charge in [-0.3, -0.25) is 0 Å². The Labute approximate surface area is 99.9 Å². The molecule has 1 rings (SSSR count). The van der Waals surface area contributed by atoms with Crippen LogP contribution in [0, 0.1) is 0 Å². The summed E-state index contributed by atoms with van der Waals surface area (Å²) in [5.74, 6) is 0.322. The van der Waals surface area contributed by atoms with Gasteiger partial charge in [-0.25, -0.2) is 4.79 Å². The molecule has 0 aliphatic carbocycles. The zero-order chi connectivity index (χ0) is 12.8. The second-order valence-electron chi connectivity index (χ2n) is 3.47. The molecule has 1 aromatic carbocycles. The number of rotatable bonds is 6. The van der Waals surface area contributed by atoms with Crippen molar-refractivity contribution >= 4 is 5.97 Å². The monoisotopic (exact) mass is 240 g/mol. The summed E-state index contributed by atoms with van der Waals surface area (Å²) >= 11 is 0. The van der Waals surface area contributed by atoms with E-state index in [-0.39, 0.29) is 6.61 Å². The third-order valence-corrected chi connectivity index (χ3v) is 2.32. The first-order valence-corrected chi connectivity index (χ1v) is 5.13. The summed E-state index contributed by atoms with van der Waals surface area (Å²) in [4.78, 5) is 10.6. The maximum atomic E-state index is 10.6. The molecule has 94 valence electrons. The van der Waals surface area contributed by atoms with Crippen LogP contribution in [0.2, 0.25) is 0 Å². The summed E-state index contributed by atoms with van der Waals surface area (Å²) in [6.45, 7) is 1.64. The van der Waals surface area contributed by atoms with Crippen molar-refractivity contribution < 1.29 is 24.1 Å². The number of carboxylic acids is 1. The molecule has 5 heteroatoms. The van der Waals surface area contributed by atoms with Crippen LogP contribution in [0.15, 0.2) is 18.2 Å². The zero-order valence-electron chi connectivity index (χ0n) is 10.1. The number of hydrogen-bond donors (Lipinski definition) is 1. The fraction of sp³-hybridized carbons (Fsp3) is 0.417. The van der Waals surface area contributed by atoms with Crippen LogP contribution in [0.4, 0.5) is 0 Å². The topological polar surface area (TPSA) is 65.0 Å². The van der Waals surface area contributed by atoms with Crippen LogP contribution in [0.25, 0.3) is 0 Å². The molecule has 1 N–H and O–H groups in total. The molecule has 0 aliphatic heterocycles. The van der Waals surface area contributed by atoms with Gasteiger partial charge < -0.3 is 19.3 Å². The van der Waals surface area contributed by atoms with Gasteiger partial charge in [0.2, 0.25) is 0 Å². The highest BCUT2D eigenvalue weighted by atomic mass is 16.5. The molecule has 5 nitrogen and oxygen atoms in total. The van der Waals surface area contributed by atoms with Gasteiger partial charge in [-0.1, -0.05) is 0 Å². The van der Waals surface area contributed by atoms with Crippen molar-refractivity contribution in [1.29, 1.82) is 0 Å². The van der Waals surface area contributed by atoms with Crippen LogP contribution in [0.1, 0.15) is 12.5 Å². The van der Waals surface area contributed by atoms with Crippen molar-refractivity contribution in [3.8, 4) is 11.5 Å². The lowest BCUT2D eigenvalue weighted by atomic mass is 10.2. The van der Waals surface area contributed by atoms with Gasteiger partial charge in [-0.15, -0.1) is 0 Å². The maximum absolute atomic E-state index is 10.6. The van der Waals surface area contributed by atoms with E-state index in [0.29, 0.717) is 11.5 Å². The van der Waals surface area contributed by atoms with Crippen molar-refractivity contribution in [1.82, 2.24) is 0 Å². The van der Waals surface area contributed by atoms with E-state index in [1.165, 1.54) is 6.92 Å². The minimum absolute atomic E-state index is 0.161. The molecule has 0 saturated carbocycles. The van der Waals surface area contributed by atoms with Crippen LogP contribution in [-0.2, 0) is 16.1 Å². The standard InChI is InChI=1S/C12H16O5/c1-8(12(13)14)17-7-9-6-10(15-2)4-5-11(9)16-3/h4-6,8H,7H2,1-3H3,(H,13,14). The lowest BCUT2D eigenvalue weighted by molar-refractivity contribution is -0.149. The molecule has 1 atom stereocenters. The largest absolute Gasteiger partial charge is 0.497 e. The average Bonchev–Trinajstić information content (AvgIpc) is 2.35. The Hall–Kier alpha value is -1.75. The number of benzene rings is 1. The first-order valence-electron chi connectivity index (χ1n) is 5.13. The quantitative estimate of drug-likeness (QED) is 0.819. The predicted octanol–water partition coefficient (Wildman–Crippen LogP) is 1.69. The Bertz CT molecular complexity index is 388.